The molecule has 0 aromatic carbocycles. The number of thiazole rings is 1. The van der Waals surface area contributed by atoms with Gasteiger partial charge in [-0.15, -0.1) is 34.4 Å². The summed E-state index contributed by atoms with van der Waals surface area (Å²) in [4.78, 5) is 50.2. The van der Waals surface area contributed by atoms with E-state index >= 15 is 0 Å². The summed E-state index contributed by atoms with van der Waals surface area (Å²) in [6.45, 7) is 0.875. The standard InChI is InChI=1S/C28H26N8O5S3/c1-41-33-22(19-13-44-28(31)32-19)21(37)7-18-25(38)36-23(27(39)40)16(12-43-26(18)36)8-34-4-2-14-3-5-35(20(14)10-34)9-17-6-15(11-42-17)24(29)30/h2-6,10-11,13,18,26H,7-9,12H2,1H3,(H5-,29,30,31,32,39,40)/p+1/b33-22-/t18-,26-/m1/s1. The Kier molecular flexibility index (Phi) is 7.96. The first kappa shape index (κ1) is 29.5. The molecule has 1 saturated heterocycles. The number of Topliss-reactive ketones (excluding diaryl/α,β-unsaturated/α-hetero) is 1. The molecule has 0 unspecified atom stereocenters. The van der Waals surface area contributed by atoms with Crippen LogP contribution in [0.4, 0.5) is 5.13 Å². The number of oxime groups is 1. The Hall–Kier alpha value is -4.54. The van der Waals surface area contributed by atoms with Gasteiger partial charge < -0.3 is 26.0 Å². The number of hydrogen-bond acceptors (Lipinski definition) is 11. The summed E-state index contributed by atoms with van der Waals surface area (Å²) in [5, 5.41) is 25.9. The number of amidine groups is 1. The number of β-lactam (4-membered cyclic amide) rings is 1. The number of pyridine rings is 1. The Morgan fingerprint density at radius 3 is 2.80 bits per heavy atom. The van der Waals surface area contributed by atoms with Crippen LogP contribution >= 0.6 is 34.4 Å². The number of nitrogens with zero attached hydrogens (tertiary/aromatic N) is 5. The third kappa shape index (κ3) is 5.46. The summed E-state index contributed by atoms with van der Waals surface area (Å²) >= 11 is 4.12. The van der Waals surface area contributed by atoms with Crippen molar-refractivity contribution in [1.29, 1.82) is 5.41 Å². The van der Waals surface area contributed by atoms with E-state index in [-0.39, 0.29) is 41.0 Å². The van der Waals surface area contributed by atoms with Crippen LogP contribution in [0.5, 0.6) is 0 Å². The maximum atomic E-state index is 13.3. The Morgan fingerprint density at radius 1 is 1.30 bits per heavy atom. The zero-order valence-corrected chi connectivity index (χ0v) is 25.7. The van der Waals surface area contributed by atoms with Crippen LogP contribution in [0.3, 0.4) is 0 Å². The number of carbonyl (C=O) groups is 3. The number of thioether (sulfide) groups is 1. The molecule has 0 spiro atoms. The lowest BCUT2D eigenvalue weighted by Crippen LogP contribution is -2.62. The average molecular weight is 652 g/mol. The number of nitrogen functional groups attached to an aromatic ring is 2. The Bertz CT molecular complexity index is 1890. The number of hydrogen-bond donors (Lipinski definition) is 4. The van der Waals surface area contributed by atoms with E-state index in [9.17, 15) is 19.5 Å². The summed E-state index contributed by atoms with van der Waals surface area (Å²) in [6.07, 6.45) is 5.67. The van der Waals surface area contributed by atoms with E-state index in [0.29, 0.717) is 23.4 Å². The van der Waals surface area contributed by atoms with Gasteiger partial charge in [-0.1, -0.05) is 5.16 Å². The van der Waals surface area contributed by atoms with Crippen LogP contribution in [0, 0.1) is 11.3 Å². The number of carboxylic acids is 1. The number of nitrogens with one attached hydrogen (secondary N) is 1. The largest absolute Gasteiger partial charge is 0.477 e. The van der Waals surface area contributed by atoms with Gasteiger partial charge in [-0.3, -0.25) is 19.9 Å². The lowest BCUT2D eigenvalue weighted by atomic mass is 9.89. The van der Waals surface area contributed by atoms with Gasteiger partial charge in [-0.2, -0.15) is 4.57 Å². The van der Waals surface area contributed by atoms with Crippen LogP contribution in [0.25, 0.3) is 10.9 Å². The minimum atomic E-state index is -1.19. The van der Waals surface area contributed by atoms with Crippen LogP contribution in [-0.2, 0) is 32.3 Å². The number of carboxylic acid groups (broad SMARTS) is 1. The van der Waals surface area contributed by atoms with Gasteiger partial charge in [0.25, 0.3) is 0 Å². The van der Waals surface area contributed by atoms with Gasteiger partial charge in [0.1, 0.15) is 29.9 Å². The van der Waals surface area contributed by atoms with Crippen LogP contribution in [0.2, 0.25) is 0 Å². The molecule has 0 saturated carbocycles. The normalized spacial score (nSPS) is 18.3. The summed E-state index contributed by atoms with van der Waals surface area (Å²) in [5.74, 6) is -2.33. The number of thiophene rings is 1. The number of aliphatic carboxylic acids is 1. The molecule has 0 radical (unpaired) electrons. The number of carbonyl (C=O) groups excluding carboxylic acids is 2. The fourth-order valence-electron chi connectivity index (χ4n) is 5.36. The molecule has 4 aromatic rings. The molecule has 2 aliphatic heterocycles. The Morgan fingerprint density at radius 2 is 2.11 bits per heavy atom. The highest BCUT2D eigenvalue weighted by Crippen LogP contribution is 2.45. The number of amides is 1. The van der Waals surface area contributed by atoms with Gasteiger partial charge in [-0.05, 0) is 12.1 Å². The van der Waals surface area contributed by atoms with Crippen molar-refractivity contribution in [1.82, 2.24) is 14.5 Å². The van der Waals surface area contributed by atoms with Crippen molar-refractivity contribution >= 4 is 79.7 Å². The Balaban J connectivity index is 1.21. The molecular weight excluding hydrogens is 625 g/mol. The molecule has 13 nitrogen and oxygen atoms in total. The number of nitrogens with two attached hydrogens (primary N) is 2. The summed E-state index contributed by atoms with van der Waals surface area (Å²) in [6, 6.07) is 5.88. The number of rotatable bonds is 11. The van der Waals surface area contributed by atoms with Crippen LogP contribution in [0.15, 0.2) is 64.0 Å². The minimum absolute atomic E-state index is 0.0299. The van der Waals surface area contributed by atoms with Gasteiger partial charge in [0.05, 0.1) is 17.8 Å². The van der Waals surface area contributed by atoms with E-state index < -0.39 is 29.0 Å². The van der Waals surface area contributed by atoms with E-state index in [1.54, 1.807) is 5.38 Å². The fourth-order valence-corrected chi connectivity index (χ4v) is 8.19. The van der Waals surface area contributed by atoms with Gasteiger partial charge in [0.15, 0.2) is 35.6 Å². The smallest absolute Gasteiger partial charge is 0.352 e. The molecule has 6 N–H and O–H groups in total. The molecule has 1 amide bonds. The van der Waals surface area contributed by atoms with Crippen molar-refractivity contribution in [3.63, 3.8) is 0 Å². The lowest BCUT2D eigenvalue weighted by molar-refractivity contribution is -0.687. The molecule has 2 aliphatic rings. The second-order valence-corrected chi connectivity index (χ2v) is 13.2. The van der Waals surface area contributed by atoms with Crippen LogP contribution in [-0.4, -0.2) is 67.0 Å². The highest BCUT2D eigenvalue weighted by Gasteiger charge is 2.54. The first-order valence-corrected chi connectivity index (χ1v) is 16.1. The molecule has 0 bridgehead atoms. The van der Waals surface area contributed by atoms with Crippen molar-refractivity contribution in [2.75, 3.05) is 18.6 Å². The van der Waals surface area contributed by atoms with Crippen LogP contribution in [0.1, 0.15) is 22.6 Å². The van der Waals surface area contributed by atoms with E-state index in [0.717, 1.165) is 27.1 Å². The van der Waals surface area contributed by atoms with Crippen molar-refractivity contribution < 1.29 is 28.9 Å². The third-order valence-electron chi connectivity index (χ3n) is 7.41. The highest BCUT2D eigenvalue weighted by molar-refractivity contribution is 8.00. The number of anilines is 1. The van der Waals surface area contributed by atoms with Crippen LogP contribution < -0.4 is 16.0 Å². The molecule has 6 heterocycles. The summed E-state index contributed by atoms with van der Waals surface area (Å²) < 4.78 is 3.99. The molecular formula is C28H27N8O5S3+. The topological polar surface area (TPSA) is 194 Å². The summed E-state index contributed by atoms with van der Waals surface area (Å²) in [7, 11) is 1.31. The maximum absolute atomic E-state index is 13.3. The Labute approximate surface area is 262 Å². The monoisotopic (exact) mass is 651 g/mol. The third-order valence-corrected chi connectivity index (χ3v) is 10.4. The molecule has 0 aliphatic carbocycles. The lowest BCUT2D eigenvalue weighted by Gasteiger charge is -2.49. The predicted molar refractivity (Wildman–Crippen MR) is 168 cm³/mol. The van der Waals surface area contributed by atoms with E-state index in [1.807, 2.05) is 46.7 Å². The molecule has 16 heteroatoms. The fraction of sp³-hybridized carbons (Fsp3) is 0.250. The molecule has 44 heavy (non-hydrogen) atoms. The van der Waals surface area contributed by atoms with Gasteiger partial charge in [0.2, 0.25) is 5.91 Å². The second-order valence-electron chi connectivity index (χ2n) is 10.2. The van der Waals surface area contributed by atoms with Gasteiger partial charge >= 0.3 is 5.97 Å². The zero-order chi connectivity index (χ0) is 31.1. The van der Waals surface area contributed by atoms with E-state index in [2.05, 4.69) is 14.7 Å². The van der Waals surface area contributed by atoms with Gasteiger partial charge in [-0.25, -0.2) is 9.78 Å². The van der Waals surface area contributed by atoms with E-state index in [4.69, 9.17) is 21.7 Å². The molecule has 4 aromatic heterocycles. The number of fused-ring (bicyclic) bond motifs is 2. The average Bonchev–Trinajstić information content (AvgIpc) is 3.75. The SMILES string of the molecule is CO/N=C(\C(=O)C[C@@H]1C(=O)N2C(C(=O)O)=C(C[n+]3ccc4ccn(Cc5cc(C(=N)N)cs5)c4c3)CS[C@H]12)c1csc(N)n1. The molecule has 226 valence electrons. The van der Waals surface area contributed by atoms with Crippen molar-refractivity contribution in [3.05, 3.63) is 75.0 Å². The molecule has 1 fully saturated rings. The molecule has 2 atom stereocenters. The first-order chi connectivity index (χ1) is 21.1. The summed E-state index contributed by atoms with van der Waals surface area (Å²) in [5.41, 5.74) is 13.8. The maximum Gasteiger partial charge on any atom is 0.352 e. The predicted octanol–water partition coefficient (Wildman–Crippen LogP) is 2.24. The number of aromatic nitrogens is 3. The van der Waals surface area contributed by atoms with Crippen molar-refractivity contribution in [2.45, 2.75) is 24.9 Å². The highest BCUT2D eigenvalue weighted by atomic mass is 32.2. The van der Waals surface area contributed by atoms with Gasteiger partial charge in [0, 0.05) is 56.6 Å². The van der Waals surface area contributed by atoms with E-state index in [1.165, 1.54) is 35.1 Å². The zero-order valence-electron chi connectivity index (χ0n) is 23.3. The van der Waals surface area contributed by atoms with Crippen molar-refractivity contribution in [2.24, 2.45) is 16.8 Å². The quantitative estimate of drug-likeness (QED) is 0.0619. The second kappa shape index (κ2) is 11.9. The molecule has 6 rings (SSSR count). The van der Waals surface area contributed by atoms with Crippen molar-refractivity contribution in [3.8, 4) is 0 Å². The first-order valence-electron chi connectivity index (χ1n) is 13.3. The minimum Gasteiger partial charge on any atom is -0.477 e. The number of ketones is 1.